The highest BCUT2D eigenvalue weighted by Crippen LogP contribution is 2.13. The summed E-state index contributed by atoms with van der Waals surface area (Å²) in [7, 11) is 1.60. The highest BCUT2D eigenvalue weighted by atomic mass is 16.6. The van der Waals surface area contributed by atoms with Crippen LogP contribution in [-0.4, -0.2) is 50.9 Å². The van der Waals surface area contributed by atoms with E-state index >= 15 is 0 Å². The third-order valence-electron chi connectivity index (χ3n) is 2.62. The fourth-order valence-electron chi connectivity index (χ4n) is 1.55. The summed E-state index contributed by atoms with van der Waals surface area (Å²) in [5, 5.41) is 10.6. The molecular formula is C14H19NO6. The number of hydrogen-bond acceptors (Lipinski definition) is 6. The van der Waals surface area contributed by atoms with Crippen LogP contribution in [0, 0.1) is 10.1 Å². The van der Waals surface area contributed by atoms with Gasteiger partial charge in [-0.15, -0.1) is 0 Å². The molecule has 0 aromatic heterocycles. The van der Waals surface area contributed by atoms with E-state index in [4.69, 9.17) is 14.2 Å². The summed E-state index contributed by atoms with van der Waals surface area (Å²) in [5.74, 6) is -0.279. The number of nitro benzene ring substituents is 1. The van der Waals surface area contributed by atoms with Crippen LogP contribution >= 0.6 is 0 Å². The summed E-state index contributed by atoms with van der Waals surface area (Å²) in [6.45, 7) is 1.91. The minimum atomic E-state index is -0.533. The van der Waals surface area contributed by atoms with Gasteiger partial charge in [-0.25, -0.2) is 0 Å². The normalized spacial score (nSPS) is 10.5. The quantitative estimate of drug-likeness (QED) is 0.268. The largest absolute Gasteiger partial charge is 0.382 e. The number of non-ortho nitro benzene ring substituents is 1. The molecule has 116 valence electrons. The maximum Gasteiger partial charge on any atom is 0.270 e. The zero-order chi connectivity index (χ0) is 15.5. The van der Waals surface area contributed by atoms with Crippen LogP contribution in [0.15, 0.2) is 24.3 Å². The third kappa shape index (κ3) is 6.94. The lowest BCUT2D eigenvalue weighted by molar-refractivity contribution is -0.384. The van der Waals surface area contributed by atoms with Crippen molar-refractivity contribution in [2.24, 2.45) is 0 Å². The number of carbonyl (C=O) groups excluding carboxylic acids is 1. The van der Waals surface area contributed by atoms with Gasteiger partial charge in [-0.1, -0.05) is 12.1 Å². The molecule has 1 rings (SSSR count). The molecule has 0 aliphatic heterocycles. The molecule has 0 bridgehead atoms. The van der Waals surface area contributed by atoms with E-state index < -0.39 is 4.92 Å². The van der Waals surface area contributed by atoms with E-state index in [-0.39, 0.29) is 23.6 Å². The Labute approximate surface area is 123 Å². The Morgan fingerprint density at radius 1 is 1.19 bits per heavy atom. The molecule has 0 saturated carbocycles. The first-order valence-corrected chi connectivity index (χ1v) is 6.57. The standard InChI is InChI=1S/C14H19NO6/c1-19-8-9-20-6-3-7-21-11-14(16)12-4-2-5-13(10-12)15(17)18/h2,4-5,10H,3,6-9,11H2,1H3. The molecule has 0 unspecified atom stereocenters. The van der Waals surface area contributed by atoms with Crippen molar-refractivity contribution in [1.82, 2.24) is 0 Å². The number of hydrogen-bond donors (Lipinski definition) is 0. The van der Waals surface area contributed by atoms with Gasteiger partial charge in [0.25, 0.3) is 5.69 Å². The summed E-state index contributed by atoms with van der Waals surface area (Å²) in [6, 6.07) is 5.61. The summed E-state index contributed by atoms with van der Waals surface area (Å²) >= 11 is 0. The van der Waals surface area contributed by atoms with Crippen LogP contribution in [0.25, 0.3) is 0 Å². The molecule has 1 aromatic carbocycles. The van der Waals surface area contributed by atoms with E-state index in [2.05, 4.69) is 0 Å². The van der Waals surface area contributed by atoms with Gasteiger partial charge in [0.15, 0.2) is 5.78 Å². The first kappa shape index (κ1) is 17.2. The number of ketones is 1. The molecule has 0 N–H and O–H groups in total. The Balaban J connectivity index is 2.22. The van der Waals surface area contributed by atoms with Crippen LogP contribution in [0.4, 0.5) is 5.69 Å². The maximum atomic E-state index is 11.8. The first-order valence-electron chi connectivity index (χ1n) is 6.57. The van der Waals surface area contributed by atoms with Gasteiger partial charge >= 0.3 is 0 Å². The molecule has 7 heteroatoms. The van der Waals surface area contributed by atoms with Crippen molar-refractivity contribution in [1.29, 1.82) is 0 Å². The molecular weight excluding hydrogens is 278 g/mol. The van der Waals surface area contributed by atoms with Gasteiger partial charge in [0.1, 0.15) is 6.61 Å². The molecule has 0 aliphatic rings. The fraction of sp³-hybridized carbons (Fsp3) is 0.500. The van der Waals surface area contributed by atoms with E-state index in [1.165, 1.54) is 24.3 Å². The summed E-state index contributed by atoms with van der Waals surface area (Å²) in [4.78, 5) is 21.9. The zero-order valence-electron chi connectivity index (χ0n) is 11.9. The van der Waals surface area contributed by atoms with Crippen LogP contribution in [-0.2, 0) is 14.2 Å². The number of methoxy groups -OCH3 is 1. The monoisotopic (exact) mass is 297 g/mol. The topological polar surface area (TPSA) is 87.9 Å². The summed E-state index contributed by atoms with van der Waals surface area (Å²) in [6.07, 6.45) is 0.673. The Kier molecular flexibility index (Phi) is 8.18. The average molecular weight is 297 g/mol. The summed E-state index contributed by atoms with van der Waals surface area (Å²) in [5.41, 5.74) is 0.174. The third-order valence-corrected chi connectivity index (χ3v) is 2.62. The molecule has 1 aromatic rings. The Bertz CT molecular complexity index is 463. The lowest BCUT2D eigenvalue weighted by atomic mass is 10.1. The van der Waals surface area contributed by atoms with Crippen LogP contribution < -0.4 is 0 Å². The number of nitrogens with zero attached hydrogens (tertiary/aromatic N) is 1. The predicted octanol–water partition coefficient (Wildman–Crippen LogP) is 1.85. The zero-order valence-corrected chi connectivity index (χ0v) is 11.9. The van der Waals surface area contributed by atoms with E-state index in [0.717, 1.165) is 0 Å². The lowest BCUT2D eigenvalue weighted by Crippen LogP contribution is -2.11. The molecule has 0 atom stereocenters. The number of benzene rings is 1. The van der Waals surface area contributed by atoms with Crippen molar-refractivity contribution in [3.05, 3.63) is 39.9 Å². The Hall–Kier alpha value is -1.83. The number of Topliss-reactive ketones (excluding diaryl/α,β-unsaturated/α-hetero) is 1. The molecule has 7 nitrogen and oxygen atoms in total. The van der Waals surface area contributed by atoms with Crippen molar-refractivity contribution < 1.29 is 23.9 Å². The van der Waals surface area contributed by atoms with Gasteiger partial charge in [0, 0.05) is 38.0 Å². The molecule has 0 spiro atoms. The number of rotatable bonds is 11. The van der Waals surface area contributed by atoms with Gasteiger partial charge in [-0.2, -0.15) is 0 Å². The lowest BCUT2D eigenvalue weighted by Gasteiger charge is -2.05. The maximum absolute atomic E-state index is 11.8. The Morgan fingerprint density at radius 3 is 2.67 bits per heavy atom. The van der Waals surface area contributed by atoms with Crippen molar-refractivity contribution in [2.75, 3.05) is 40.1 Å². The van der Waals surface area contributed by atoms with Crippen molar-refractivity contribution in [3.63, 3.8) is 0 Å². The van der Waals surface area contributed by atoms with Crippen molar-refractivity contribution in [3.8, 4) is 0 Å². The van der Waals surface area contributed by atoms with Gasteiger partial charge in [0.05, 0.1) is 18.1 Å². The smallest absolute Gasteiger partial charge is 0.270 e. The number of carbonyl (C=O) groups is 1. The second kappa shape index (κ2) is 9.98. The number of nitro groups is 1. The molecule has 0 radical (unpaired) electrons. The van der Waals surface area contributed by atoms with Crippen LogP contribution in [0.2, 0.25) is 0 Å². The van der Waals surface area contributed by atoms with Gasteiger partial charge in [-0.05, 0) is 6.42 Å². The van der Waals surface area contributed by atoms with E-state index in [1.54, 1.807) is 7.11 Å². The molecule has 0 fully saturated rings. The second-order valence-corrected chi connectivity index (χ2v) is 4.24. The highest BCUT2D eigenvalue weighted by Gasteiger charge is 2.11. The van der Waals surface area contributed by atoms with E-state index in [9.17, 15) is 14.9 Å². The molecule has 0 amide bonds. The summed E-state index contributed by atoms with van der Waals surface area (Å²) < 4.78 is 15.3. The first-order chi connectivity index (χ1) is 10.1. The van der Waals surface area contributed by atoms with Crippen molar-refractivity contribution >= 4 is 11.5 Å². The minimum absolute atomic E-state index is 0.0980. The molecule has 21 heavy (non-hydrogen) atoms. The fourth-order valence-corrected chi connectivity index (χ4v) is 1.55. The Morgan fingerprint density at radius 2 is 1.95 bits per heavy atom. The second-order valence-electron chi connectivity index (χ2n) is 4.24. The van der Waals surface area contributed by atoms with Crippen molar-refractivity contribution in [2.45, 2.75) is 6.42 Å². The van der Waals surface area contributed by atoms with Gasteiger partial charge in [-0.3, -0.25) is 14.9 Å². The highest BCUT2D eigenvalue weighted by molar-refractivity contribution is 5.97. The van der Waals surface area contributed by atoms with Gasteiger partial charge < -0.3 is 14.2 Å². The van der Waals surface area contributed by atoms with Crippen LogP contribution in [0.5, 0.6) is 0 Å². The number of ether oxygens (including phenoxy) is 3. The SMILES string of the molecule is COCCOCCCOCC(=O)c1cccc([N+](=O)[O-])c1. The van der Waals surface area contributed by atoms with Crippen LogP contribution in [0.1, 0.15) is 16.8 Å². The molecule has 0 heterocycles. The van der Waals surface area contributed by atoms with E-state index in [0.29, 0.717) is 32.8 Å². The predicted molar refractivity (Wildman–Crippen MR) is 75.6 cm³/mol. The van der Waals surface area contributed by atoms with Crippen LogP contribution in [0.3, 0.4) is 0 Å². The van der Waals surface area contributed by atoms with E-state index in [1.807, 2.05) is 0 Å². The molecule has 0 aliphatic carbocycles. The molecule has 0 saturated heterocycles. The average Bonchev–Trinajstić information content (AvgIpc) is 2.49. The van der Waals surface area contributed by atoms with Gasteiger partial charge in [0.2, 0.25) is 0 Å². The minimum Gasteiger partial charge on any atom is -0.382 e.